The van der Waals surface area contributed by atoms with Gasteiger partial charge in [-0.2, -0.15) is 0 Å². The number of carbonyl (C=O) groups excluding carboxylic acids is 2. The number of amides is 2. The summed E-state index contributed by atoms with van der Waals surface area (Å²) in [7, 11) is 1.49. The Kier molecular flexibility index (Phi) is 7.89. The number of nitrogens with zero attached hydrogens (tertiary/aromatic N) is 2. The van der Waals surface area contributed by atoms with Gasteiger partial charge in [0.1, 0.15) is 18.2 Å². The van der Waals surface area contributed by atoms with E-state index in [1.807, 2.05) is 54.6 Å². The van der Waals surface area contributed by atoms with Crippen LogP contribution >= 0.6 is 0 Å². The van der Waals surface area contributed by atoms with Crippen LogP contribution < -0.4 is 5.32 Å². The van der Waals surface area contributed by atoms with Gasteiger partial charge in [0, 0.05) is 32.6 Å². The highest BCUT2D eigenvalue weighted by Crippen LogP contribution is 2.44. The number of likely N-dealkylation sites (N-methyl/N-ethyl adjacent to an activating group) is 1. The number of hydrogen-bond donors (Lipinski definition) is 2. The smallest absolute Gasteiger partial charge is 0.408 e. The lowest BCUT2D eigenvalue weighted by Crippen LogP contribution is -2.62. The molecule has 0 spiro atoms. The minimum absolute atomic E-state index is 0.109. The average Bonchev–Trinajstić information content (AvgIpc) is 3.51. The van der Waals surface area contributed by atoms with Crippen LogP contribution in [0, 0.1) is 0 Å². The highest BCUT2D eigenvalue weighted by Gasteiger charge is 2.49. The highest BCUT2D eigenvalue weighted by molar-refractivity contribution is 5.93. The molecule has 1 saturated heterocycles. The van der Waals surface area contributed by atoms with Crippen molar-refractivity contribution in [1.29, 1.82) is 0 Å². The fraction of sp³-hybridized carbons (Fsp3) is 0.344. The molecule has 3 aromatic carbocycles. The summed E-state index contributed by atoms with van der Waals surface area (Å²) in [5, 5.41) is 12.6. The molecule has 0 bridgehead atoms. The Balaban J connectivity index is 1.34. The molecule has 2 amide bonds. The minimum Gasteiger partial charge on any atom is -0.480 e. The maximum atomic E-state index is 13.9. The molecule has 5 rings (SSSR count). The number of nitrogens with one attached hydrogen (secondary N) is 1. The van der Waals surface area contributed by atoms with Crippen molar-refractivity contribution in [3.05, 3.63) is 95.6 Å². The van der Waals surface area contributed by atoms with Gasteiger partial charge in [0.25, 0.3) is 0 Å². The van der Waals surface area contributed by atoms with Gasteiger partial charge in [-0.3, -0.25) is 9.69 Å². The second kappa shape index (κ2) is 11.5. The van der Waals surface area contributed by atoms with E-state index in [2.05, 4.69) is 34.5 Å². The first kappa shape index (κ1) is 27.4. The van der Waals surface area contributed by atoms with E-state index < -0.39 is 29.6 Å². The van der Waals surface area contributed by atoms with Gasteiger partial charge in [0.2, 0.25) is 5.91 Å². The monoisotopic (exact) mass is 541 g/mol. The van der Waals surface area contributed by atoms with E-state index in [9.17, 15) is 19.5 Å². The van der Waals surface area contributed by atoms with Gasteiger partial charge >= 0.3 is 12.1 Å². The van der Waals surface area contributed by atoms with Crippen LogP contribution in [-0.4, -0.2) is 71.2 Å². The Morgan fingerprint density at radius 3 is 2.20 bits per heavy atom. The molecule has 8 heteroatoms. The number of aliphatic carboxylic acids is 1. The normalized spacial score (nSPS) is 18.9. The van der Waals surface area contributed by atoms with Crippen LogP contribution in [0.15, 0.2) is 78.9 Å². The van der Waals surface area contributed by atoms with Crippen LogP contribution in [0.5, 0.6) is 0 Å². The van der Waals surface area contributed by atoms with Crippen molar-refractivity contribution < 1.29 is 24.2 Å². The largest absolute Gasteiger partial charge is 0.480 e. The summed E-state index contributed by atoms with van der Waals surface area (Å²) >= 11 is 0. The zero-order valence-electron chi connectivity index (χ0n) is 22.9. The first-order valence-electron chi connectivity index (χ1n) is 13.7. The lowest BCUT2D eigenvalue weighted by molar-refractivity contribution is -0.151. The number of alkyl carbamates (subject to hydrolysis) is 1. The molecule has 40 heavy (non-hydrogen) atoms. The van der Waals surface area contributed by atoms with Crippen LogP contribution in [0.1, 0.15) is 42.4 Å². The molecule has 2 aliphatic rings. The fourth-order valence-corrected chi connectivity index (χ4v) is 6.12. The Hall–Kier alpha value is -4.17. The first-order chi connectivity index (χ1) is 19.3. The SMILES string of the molecule is CCC(C(=O)O)N(C)C(=O)C1(NC(=O)OCC2c3ccccc3-c3ccccc32)CCN(Cc2ccccc2)C1. The second-order valence-corrected chi connectivity index (χ2v) is 10.7. The summed E-state index contributed by atoms with van der Waals surface area (Å²) in [5.41, 5.74) is 4.26. The highest BCUT2D eigenvalue weighted by atomic mass is 16.5. The number of hydrogen-bond acceptors (Lipinski definition) is 5. The molecule has 1 aliphatic carbocycles. The van der Waals surface area contributed by atoms with Gasteiger partial charge in [-0.05, 0) is 40.7 Å². The number of ether oxygens (including phenoxy) is 1. The Morgan fingerprint density at radius 1 is 1.00 bits per heavy atom. The molecular formula is C32H35N3O5. The van der Waals surface area contributed by atoms with E-state index in [-0.39, 0.29) is 25.5 Å². The van der Waals surface area contributed by atoms with Crippen molar-refractivity contribution in [2.24, 2.45) is 0 Å². The van der Waals surface area contributed by atoms with E-state index in [1.165, 1.54) is 11.9 Å². The van der Waals surface area contributed by atoms with Crippen molar-refractivity contribution in [2.45, 2.75) is 43.8 Å². The third kappa shape index (κ3) is 5.31. The summed E-state index contributed by atoms with van der Waals surface area (Å²) in [6.07, 6.45) is -0.0798. The van der Waals surface area contributed by atoms with Crippen molar-refractivity contribution in [2.75, 3.05) is 26.7 Å². The maximum absolute atomic E-state index is 13.9. The third-order valence-corrected chi connectivity index (χ3v) is 8.15. The van der Waals surface area contributed by atoms with Crippen molar-refractivity contribution >= 4 is 18.0 Å². The van der Waals surface area contributed by atoms with Crippen LogP contribution in [0.25, 0.3) is 11.1 Å². The number of benzene rings is 3. The van der Waals surface area contributed by atoms with Crippen molar-refractivity contribution in [3.63, 3.8) is 0 Å². The predicted molar refractivity (Wildman–Crippen MR) is 152 cm³/mol. The standard InChI is InChI=1S/C32H35N3O5/c1-3-28(29(36)37)34(2)30(38)32(17-18-35(21-32)19-22-11-5-4-6-12-22)33-31(39)40-20-27-25-15-9-7-13-23(25)24-14-8-10-16-26(24)27/h4-16,27-28H,3,17-21H2,1-2H3,(H,33,39)(H,36,37). The summed E-state index contributed by atoms with van der Waals surface area (Å²) in [4.78, 5) is 42.4. The molecule has 0 saturated carbocycles. The van der Waals surface area contributed by atoms with Crippen molar-refractivity contribution in [3.8, 4) is 11.1 Å². The Morgan fingerprint density at radius 2 is 1.60 bits per heavy atom. The molecule has 0 aromatic heterocycles. The number of fused-ring (bicyclic) bond motifs is 3. The first-order valence-corrected chi connectivity index (χ1v) is 13.7. The van der Waals surface area contributed by atoms with Crippen LogP contribution in [0.2, 0.25) is 0 Å². The van der Waals surface area contributed by atoms with Crippen molar-refractivity contribution in [1.82, 2.24) is 15.1 Å². The zero-order valence-corrected chi connectivity index (χ0v) is 22.9. The average molecular weight is 542 g/mol. The summed E-state index contributed by atoms with van der Waals surface area (Å²) in [5.74, 6) is -1.61. The molecule has 1 fully saturated rings. The van der Waals surface area contributed by atoms with E-state index in [4.69, 9.17) is 4.74 Å². The van der Waals surface area contributed by atoms with Gasteiger partial charge in [0.15, 0.2) is 0 Å². The summed E-state index contributed by atoms with van der Waals surface area (Å²) in [6.45, 7) is 3.29. The molecule has 208 valence electrons. The van der Waals surface area contributed by atoms with Gasteiger partial charge in [-0.15, -0.1) is 0 Å². The zero-order chi connectivity index (χ0) is 28.3. The number of rotatable bonds is 9. The van der Waals surface area contributed by atoms with E-state index >= 15 is 0 Å². The predicted octanol–water partition coefficient (Wildman–Crippen LogP) is 4.49. The number of carboxylic acid groups (broad SMARTS) is 1. The van der Waals surface area contributed by atoms with E-state index in [1.54, 1.807) is 6.92 Å². The molecular weight excluding hydrogens is 506 g/mol. The van der Waals surface area contributed by atoms with Crippen LogP contribution in [0.4, 0.5) is 4.79 Å². The Labute approximate surface area is 234 Å². The Bertz CT molecular complexity index is 1350. The molecule has 0 radical (unpaired) electrons. The summed E-state index contributed by atoms with van der Waals surface area (Å²) < 4.78 is 5.79. The second-order valence-electron chi connectivity index (χ2n) is 10.7. The lowest BCUT2D eigenvalue weighted by atomic mass is 9.95. The van der Waals surface area contributed by atoms with Gasteiger partial charge < -0.3 is 20.1 Å². The van der Waals surface area contributed by atoms with Gasteiger partial charge in [-0.25, -0.2) is 9.59 Å². The van der Waals surface area contributed by atoms with Gasteiger partial charge in [-0.1, -0.05) is 85.8 Å². The van der Waals surface area contributed by atoms with E-state index in [0.29, 0.717) is 19.5 Å². The fourth-order valence-electron chi connectivity index (χ4n) is 6.12. The summed E-state index contributed by atoms with van der Waals surface area (Å²) in [6, 6.07) is 25.1. The molecule has 2 unspecified atom stereocenters. The topological polar surface area (TPSA) is 99.2 Å². The lowest BCUT2D eigenvalue weighted by Gasteiger charge is -2.35. The molecule has 2 N–H and O–H groups in total. The molecule has 3 aromatic rings. The van der Waals surface area contributed by atoms with Gasteiger partial charge in [0.05, 0.1) is 0 Å². The molecule has 8 nitrogen and oxygen atoms in total. The third-order valence-electron chi connectivity index (χ3n) is 8.15. The molecule has 2 atom stereocenters. The molecule has 1 heterocycles. The maximum Gasteiger partial charge on any atom is 0.408 e. The minimum atomic E-state index is -1.30. The number of carbonyl (C=O) groups is 3. The van der Waals surface area contributed by atoms with Crippen LogP contribution in [0.3, 0.4) is 0 Å². The number of likely N-dealkylation sites (tertiary alicyclic amines) is 1. The quantitative estimate of drug-likeness (QED) is 0.414. The number of carboxylic acids is 1. The van der Waals surface area contributed by atoms with E-state index in [0.717, 1.165) is 27.8 Å². The molecule has 1 aliphatic heterocycles. The van der Waals surface area contributed by atoms with Crippen LogP contribution in [-0.2, 0) is 20.9 Å².